The summed E-state index contributed by atoms with van der Waals surface area (Å²) in [5.74, 6) is 0. The Labute approximate surface area is 65.3 Å². The molecule has 0 unspecified atom stereocenters. The highest BCUT2D eigenvalue weighted by molar-refractivity contribution is 8.14. The van der Waals surface area contributed by atoms with Crippen molar-refractivity contribution in [2.45, 2.75) is 31.6 Å². The predicted octanol–water partition coefficient (Wildman–Crippen LogP) is 1.44. The molecule has 0 spiro atoms. The molecule has 0 bridgehead atoms. The Morgan fingerprint density at radius 2 is 2.40 bits per heavy atom. The number of rotatable bonds is 1. The molecule has 0 amide bonds. The van der Waals surface area contributed by atoms with Crippen molar-refractivity contribution in [2.24, 2.45) is 0 Å². The Balaban J connectivity index is 2.33. The van der Waals surface area contributed by atoms with Gasteiger partial charge < -0.3 is 4.74 Å². The summed E-state index contributed by atoms with van der Waals surface area (Å²) in [6.45, 7) is 4.44. The smallest absolute Gasteiger partial charge is 0.186 e. The highest BCUT2D eigenvalue weighted by Crippen LogP contribution is 2.26. The van der Waals surface area contributed by atoms with Crippen LogP contribution >= 0.6 is 11.8 Å². The molecule has 0 N–H and O–H groups in total. The van der Waals surface area contributed by atoms with Crippen LogP contribution in [-0.2, 0) is 9.53 Å². The van der Waals surface area contributed by atoms with Gasteiger partial charge in [0, 0.05) is 18.8 Å². The molecule has 2 nitrogen and oxygen atoms in total. The second-order valence-corrected chi connectivity index (χ2v) is 3.93. The Morgan fingerprint density at radius 3 is 2.80 bits per heavy atom. The van der Waals surface area contributed by atoms with E-state index in [1.54, 1.807) is 6.92 Å². The Bertz CT molecular complexity index is 136. The van der Waals surface area contributed by atoms with Crippen LogP contribution in [0.3, 0.4) is 0 Å². The van der Waals surface area contributed by atoms with Gasteiger partial charge in [0.05, 0.1) is 6.10 Å². The number of thioether (sulfide) groups is 1. The lowest BCUT2D eigenvalue weighted by Gasteiger charge is -2.09. The molecule has 0 aromatic carbocycles. The second kappa shape index (κ2) is 3.39. The van der Waals surface area contributed by atoms with Crippen LogP contribution in [0.25, 0.3) is 0 Å². The van der Waals surface area contributed by atoms with Crippen molar-refractivity contribution >= 4 is 16.9 Å². The van der Waals surface area contributed by atoms with Gasteiger partial charge in [-0.25, -0.2) is 0 Å². The summed E-state index contributed by atoms with van der Waals surface area (Å²) in [6, 6.07) is 0. The van der Waals surface area contributed by atoms with E-state index in [0.29, 0.717) is 5.25 Å². The first-order valence-corrected chi connectivity index (χ1v) is 4.37. The molecular weight excluding hydrogens is 148 g/mol. The summed E-state index contributed by atoms with van der Waals surface area (Å²) in [6.07, 6.45) is 1.28. The standard InChI is InChI=1S/C7H12O2S/c1-5-7(3-4-9-5)10-6(2)8/h5,7H,3-4H2,1-2H3/t5-,7-/m0/s1. The molecule has 58 valence electrons. The fourth-order valence-electron chi connectivity index (χ4n) is 1.08. The van der Waals surface area contributed by atoms with E-state index >= 15 is 0 Å². The minimum Gasteiger partial charge on any atom is -0.377 e. The van der Waals surface area contributed by atoms with Crippen molar-refractivity contribution in [2.75, 3.05) is 6.61 Å². The first kappa shape index (κ1) is 8.08. The largest absolute Gasteiger partial charge is 0.377 e. The normalized spacial score (nSPS) is 32.6. The second-order valence-electron chi connectivity index (χ2n) is 2.51. The molecule has 2 atom stereocenters. The SMILES string of the molecule is CC(=O)S[C@H]1CCO[C@H]1C. The maximum absolute atomic E-state index is 10.7. The van der Waals surface area contributed by atoms with Crippen LogP contribution in [0.1, 0.15) is 20.3 Å². The third-order valence-corrected chi connectivity index (χ3v) is 2.88. The zero-order chi connectivity index (χ0) is 7.56. The fraction of sp³-hybridized carbons (Fsp3) is 0.857. The van der Waals surface area contributed by atoms with E-state index < -0.39 is 0 Å². The maximum atomic E-state index is 10.7. The van der Waals surface area contributed by atoms with Crippen molar-refractivity contribution < 1.29 is 9.53 Å². The maximum Gasteiger partial charge on any atom is 0.186 e. The van der Waals surface area contributed by atoms with Crippen LogP contribution in [0.2, 0.25) is 0 Å². The molecule has 1 rings (SSSR count). The molecular formula is C7H12O2S. The van der Waals surface area contributed by atoms with Gasteiger partial charge in [-0.15, -0.1) is 0 Å². The molecule has 0 aliphatic carbocycles. The molecule has 0 saturated carbocycles. The number of carbonyl (C=O) groups is 1. The van der Waals surface area contributed by atoms with Gasteiger partial charge in [0.1, 0.15) is 0 Å². The van der Waals surface area contributed by atoms with Crippen LogP contribution in [0.5, 0.6) is 0 Å². The van der Waals surface area contributed by atoms with E-state index in [-0.39, 0.29) is 11.2 Å². The van der Waals surface area contributed by atoms with Gasteiger partial charge in [0.2, 0.25) is 0 Å². The van der Waals surface area contributed by atoms with Crippen molar-refractivity contribution in [1.29, 1.82) is 0 Å². The van der Waals surface area contributed by atoms with Crippen molar-refractivity contribution in [3.63, 3.8) is 0 Å². The summed E-state index contributed by atoms with van der Waals surface area (Å²) >= 11 is 1.41. The number of hydrogen-bond donors (Lipinski definition) is 0. The van der Waals surface area contributed by atoms with Crippen molar-refractivity contribution in [3.8, 4) is 0 Å². The highest BCUT2D eigenvalue weighted by atomic mass is 32.2. The van der Waals surface area contributed by atoms with Gasteiger partial charge in [0.15, 0.2) is 5.12 Å². The highest BCUT2D eigenvalue weighted by Gasteiger charge is 2.25. The summed E-state index contributed by atoms with van der Waals surface area (Å²) < 4.78 is 5.29. The fourth-order valence-corrected chi connectivity index (χ4v) is 1.99. The van der Waals surface area contributed by atoms with E-state index in [1.165, 1.54) is 11.8 Å². The summed E-state index contributed by atoms with van der Waals surface area (Å²) in [5.41, 5.74) is 0. The monoisotopic (exact) mass is 160 g/mol. The molecule has 3 heteroatoms. The lowest BCUT2D eigenvalue weighted by atomic mass is 10.3. The van der Waals surface area contributed by atoms with Crippen LogP contribution < -0.4 is 0 Å². The molecule has 1 heterocycles. The zero-order valence-corrected chi connectivity index (χ0v) is 7.11. The van der Waals surface area contributed by atoms with E-state index in [2.05, 4.69) is 0 Å². The Kier molecular flexibility index (Phi) is 2.74. The summed E-state index contributed by atoms with van der Waals surface area (Å²) in [7, 11) is 0. The third kappa shape index (κ3) is 1.99. The summed E-state index contributed by atoms with van der Waals surface area (Å²) in [4.78, 5) is 10.7. The lowest BCUT2D eigenvalue weighted by molar-refractivity contribution is -0.109. The van der Waals surface area contributed by atoms with Crippen molar-refractivity contribution in [3.05, 3.63) is 0 Å². The molecule has 0 radical (unpaired) electrons. The van der Waals surface area contributed by atoms with Gasteiger partial charge in [-0.1, -0.05) is 11.8 Å². The van der Waals surface area contributed by atoms with Gasteiger partial charge in [0.25, 0.3) is 0 Å². The zero-order valence-electron chi connectivity index (χ0n) is 6.29. The molecule has 0 aromatic heterocycles. The molecule has 0 aromatic rings. The molecule has 10 heavy (non-hydrogen) atoms. The van der Waals surface area contributed by atoms with Gasteiger partial charge in [-0.3, -0.25) is 4.79 Å². The molecule has 1 aliphatic rings. The average Bonchev–Trinajstić information content (AvgIpc) is 2.15. The number of carbonyl (C=O) groups excluding carboxylic acids is 1. The Morgan fingerprint density at radius 1 is 1.70 bits per heavy atom. The predicted molar refractivity (Wildman–Crippen MR) is 42.1 cm³/mol. The van der Waals surface area contributed by atoms with Crippen molar-refractivity contribution in [1.82, 2.24) is 0 Å². The number of ether oxygens (including phenoxy) is 1. The van der Waals surface area contributed by atoms with Crippen LogP contribution in [0.4, 0.5) is 0 Å². The molecule has 1 fully saturated rings. The topological polar surface area (TPSA) is 26.3 Å². The Hall–Kier alpha value is -0.0200. The van der Waals surface area contributed by atoms with E-state index in [0.717, 1.165) is 13.0 Å². The van der Waals surface area contributed by atoms with Gasteiger partial charge in [-0.2, -0.15) is 0 Å². The van der Waals surface area contributed by atoms with E-state index in [1.807, 2.05) is 6.92 Å². The molecule has 1 saturated heterocycles. The quantitative estimate of drug-likeness (QED) is 0.580. The van der Waals surface area contributed by atoms with Gasteiger partial charge >= 0.3 is 0 Å². The first-order valence-electron chi connectivity index (χ1n) is 3.49. The van der Waals surface area contributed by atoms with E-state index in [9.17, 15) is 4.79 Å². The average molecular weight is 160 g/mol. The van der Waals surface area contributed by atoms with Crippen LogP contribution in [-0.4, -0.2) is 23.1 Å². The first-order chi connectivity index (χ1) is 4.70. The van der Waals surface area contributed by atoms with Gasteiger partial charge in [-0.05, 0) is 13.3 Å². The third-order valence-electron chi connectivity index (χ3n) is 1.62. The summed E-state index contributed by atoms with van der Waals surface area (Å²) in [5, 5.41) is 0.597. The van der Waals surface area contributed by atoms with Crippen LogP contribution in [0.15, 0.2) is 0 Å². The minimum atomic E-state index is 0.197. The minimum absolute atomic E-state index is 0.197. The lowest BCUT2D eigenvalue weighted by Crippen LogP contribution is -2.14. The number of hydrogen-bond acceptors (Lipinski definition) is 3. The van der Waals surface area contributed by atoms with Crippen LogP contribution in [0, 0.1) is 0 Å². The molecule has 1 aliphatic heterocycles. The van der Waals surface area contributed by atoms with E-state index in [4.69, 9.17) is 4.74 Å².